The Labute approximate surface area is 110 Å². The van der Waals surface area contributed by atoms with Crippen molar-refractivity contribution in [1.29, 1.82) is 0 Å². The van der Waals surface area contributed by atoms with E-state index in [0.717, 1.165) is 5.56 Å². The van der Waals surface area contributed by atoms with E-state index in [1.807, 2.05) is 13.0 Å². The lowest BCUT2D eigenvalue weighted by atomic mass is 10.2. The number of aromatic nitrogens is 3. The molecule has 0 radical (unpaired) electrons. The maximum Gasteiger partial charge on any atom is 0.331 e. The number of rotatable bonds is 4. The molecule has 0 saturated heterocycles. The molecule has 2 heterocycles. The van der Waals surface area contributed by atoms with Crippen LogP contribution in [0.2, 0.25) is 0 Å². The molecule has 0 aliphatic carbocycles. The molecule has 2 rings (SSSR count). The van der Waals surface area contributed by atoms with Crippen molar-refractivity contribution >= 4 is 5.82 Å². The van der Waals surface area contributed by atoms with Gasteiger partial charge in [-0.15, -0.1) is 0 Å². The van der Waals surface area contributed by atoms with Gasteiger partial charge in [0.05, 0.1) is 6.54 Å². The first-order chi connectivity index (χ1) is 9.15. The maximum absolute atomic E-state index is 12.1. The van der Waals surface area contributed by atoms with Crippen molar-refractivity contribution in [1.82, 2.24) is 14.1 Å². The van der Waals surface area contributed by atoms with Crippen molar-refractivity contribution in [2.45, 2.75) is 20.0 Å². The van der Waals surface area contributed by atoms with E-state index in [0.29, 0.717) is 12.4 Å². The summed E-state index contributed by atoms with van der Waals surface area (Å²) in [5.41, 5.74) is 0.266. The highest BCUT2D eigenvalue weighted by molar-refractivity contribution is 5.36. The van der Waals surface area contributed by atoms with Gasteiger partial charge in [-0.05, 0) is 24.6 Å². The molecule has 0 spiro atoms. The molecule has 0 amide bonds. The molecule has 2 aromatic heterocycles. The molecular weight excluding hydrogens is 244 g/mol. The van der Waals surface area contributed by atoms with Crippen molar-refractivity contribution < 1.29 is 0 Å². The van der Waals surface area contributed by atoms with Crippen LogP contribution < -0.4 is 16.6 Å². The van der Waals surface area contributed by atoms with E-state index in [1.54, 1.807) is 19.3 Å². The monoisotopic (exact) mass is 260 g/mol. The average molecular weight is 260 g/mol. The summed E-state index contributed by atoms with van der Waals surface area (Å²) >= 11 is 0. The second-order valence-corrected chi connectivity index (χ2v) is 4.11. The lowest BCUT2D eigenvalue weighted by molar-refractivity contribution is 0.600. The van der Waals surface area contributed by atoms with Gasteiger partial charge in [-0.2, -0.15) is 0 Å². The second kappa shape index (κ2) is 5.51. The predicted molar refractivity (Wildman–Crippen MR) is 73.5 cm³/mol. The van der Waals surface area contributed by atoms with E-state index in [9.17, 15) is 9.59 Å². The van der Waals surface area contributed by atoms with Crippen LogP contribution in [0.5, 0.6) is 0 Å². The third-order valence-electron chi connectivity index (χ3n) is 2.90. The third kappa shape index (κ3) is 2.73. The number of hydrogen-bond acceptors (Lipinski definition) is 4. The van der Waals surface area contributed by atoms with Gasteiger partial charge in [-0.1, -0.05) is 0 Å². The standard InChI is InChI=1S/C13H16N4O2/c1-3-16-7-5-12(18)17(13(16)19)9-10-4-6-15-11(8-10)14-2/h4-8H,3,9H2,1-2H3,(H,14,15). The van der Waals surface area contributed by atoms with Crippen LogP contribution in [0.4, 0.5) is 5.82 Å². The first-order valence-electron chi connectivity index (χ1n) is 6.08. The zero-order chi connectivity index (χ0) is 13.8. The van der Waals surface area contributed by atoms with Crippen molar-refractivity contribution in [3.63, 3.8) is 0 Å². The first-order valence-corrected chi connectivity index (χ1v) is 6.08. The van der Waals surface area contributed by atoms with Crippen molar-refractivity contribution in [2.75, 3.05) is 12.4 Å². The Morgan fingerprint density at radius 2 is 2.11 bits per heavy atom. The highest BCUT2D eigenvalue weighted by atomic mass is 16.2. The Morgan fingerprint density at radius 1 is 1.32 bits per heavy atom. The van der Waals surface area contributed by atoms with Crippen LogP contribution in [0.25, 0.3) is 0 Å². The van der Waals surface area contributed by atoms with Crippen LogP contribution in [-0.4, -0.2) is 21.2 Å². The zero-order valence-corrected chi connectivity index (χ0v) is 11.0. The molecule has 0 aliphatic rings. The van der Waals surface area contributed by atoms with E-state index >= 15 is 0 Å². The Morgan fingerprint density at radius 3 is 2.79 bits per heavy atom. The van der Waals surface area contributed by atoms with Gasteiger partial charge in [0, 0.05) is 32.1 Å². The van der Waals surface area contributed by atoms with Gasteiger partial charge in [0.25, 0.3) is 5.56 Å². The smallest absolute Gasteiger partial charge is 0.331 e. The van der Waals surface area contributed by atoms with Crippen LogP contribution in [0.15, 0.2) is 40.2 Å². The molecule has 0 fully saturated rings. The summed E-state index contributed by atoms with van der Waals surface area (Å²) in [6, 6.07) is 5.01. The number of nitrogens with zero attached hydrogens (tertiary/aromatic N) is 3. The Bertz CT molecular complexity index is 688. The molecule has 0 atom stereocenters. The molecule has 19 heavy (non-hydrogen) atoms. The quantitative estimate of drug-likeness (QED) is 0.870. The number of pyridine rings is 1. The summed E-state index contributed by atoms with van der Waals surface area (Å²) in [6.07, 6.45) is 3.17. The fourth-order valence-corrected chi connectivity index (χ4v) is 1.83. The molecule has 1 N–H and O–H groups in total. The van der Waals surface area contributed by atoms with Gasteiger partial charge < -0.3 is 9.88 Å². The molecule has 2 aromatic rings. The van der Waals surface area contributed by atoms with E-state index < -0.39 is 0 Å². The molecule has 6 nitrogen and oxygen atoms in total. The number of hydrogen-bond donors (Lipinski definition) is 1. The summed E-state index contributed by atoms with van der Waals surface area (Å²) in [5.74, 6) is 0.706. The molecule has 0 saturated carbocycles. The Kier molecular flexibility index (Phi) is 3.79. The normalized spacial score (nSPS) is 10.4. The molecule has 0 unspecified atom stereocenters. The minimum Gasteiger partial charge on any atom is -0.373 e. The van der Waals surface area contributed by atoms with Crippen molar-refractivity contribution in [2.24, 2.45) is 0 Å². The number of aryl methyl sites for hydroxylation is 1. The topological polar surface area (TPSA) is 68.9 Å². The molecule has 100 valence electrons. The Hall–Kier alpha value is -2.37. The van der Waals surface area contributed by atoms with Gasteiger partial charge >= 0.3 is 5.69 Å². The predicted octanol–water partition coefficient (Wildman–Crippen LogP) is 0.515. The molecular formula is C13H16N4O2. The van der Waals surface area contributed by atoms with Gasteiger partial charge in [0.15, 0.2) is 0 Å². The van der Waals surface area contributed by atoms with Crippen molar-refractivity contribution in [3.8, 4) is 0 Å². The van der Waals surface area contributed by atoms with Crippen LogP contribution >= 0.6 is 0 Å². The number of nitrogens with one attached hydrogen (secondary N) is 1. The highest BCUT2D eigenvalue weighted by Gasteiger charge is 2.05. The summed E-state index contributed by atoms with van der Waals surface area (Å²) in [5, 5.41) is 2.92. The van der Waals surface area contributed by atoms with Crippen LogP contribution in [0, 0.1) is 0 Å². The average Bonchev–Trinajstić information content (AvgIpc) is 2.44. The summed E-state index contributed by atoms with van der Waals surface area (Å²) in [6.45, 7) is 2.65. The summed E-state index contributed by atoms with van der Waals surface area (Å²) in [4.78, 5) is 28.0. The van der Waals surface area contributed by atoms with E-state index in [1.165, 1.54) is 21.4 Å². The largest absolute Gasteiger partial charge is 0.373 e. The molecule has 0 bridgehead atoms. The minimum absolute atomic E-state index is 0.246. The summed E-state index contributed by atoms with van der Waals surface area (Å²) < 4.78 is 2.72. The SMILES string of the molecule is CCn1ccc(=O)n(Cc2ccnc(NC)c2)c1=O. The van der Waals surface area contributed by atoms with Gasteiger partial charge in [-0.3, -0.25) is 9.36 Å². The maximum atomic E-state index is 12.1. The summed E-state index contributed by atoms with van der Waals surface area (Å²) in [7, 11) is 1.77. The van der Waals surface area contributed by atoms with E-state index in [4.69, 9.17) is 0 Å². The van der Waals surface area contributed by atoms with Gasteiger partial charge in [-0.25, -0.2) is 9.78 Å². The zero-order valence-electron chi connectivity index (χ0n) is 11.0. The first kappa shape index (κ1) is 13.1. The lowest BCUT2D eigenvalue weighted by Gasteiger charge is -2.09. The van der Waals surface area contributed by atoms with Crippen LogP contribution in [0.3, 0.4) is 0 Å². The third-order valence-corrected chi connectivity index (χ3v) is 2.90. The molecule has 0 aromatic carbocycles. The van der Waals surface area contributed by atoms with E-state index in [2.05, 4.69) is 10.3 Å². The van der Waals surface area contributed by atoms with E-state index in [-0.39, 0.29) is 17.8 Å². The second-order valence-electron chi connectivity index (χ2n) is 4.11. The van der Waals surface area contributed by atoms with Crippen LogP contribution in [0.1, 0.15) is 12.5 Å². The number of anilines is 1. The lowest BCUT2D eigenvalue weighted by Crippen LogP contribution is -2.38. The van der Waals surface area contributed by atoms with Crippen molar-refractivity contribution in [3.05, 3.63) is 57.0 Å². The minimum atomic E-state index is -0.294. The fraction of sp³-hybridized carbons (Fsp3) is 0.308. The Balaban J connectivity index is 2.43. The van der Waals surface area contributed by atoms with Gasteiger partial charge in [0.2, 0.25) is 0 Å². The molecule has 0 aliphatic heterocycles. The molecule has 6 heteroatoms. The fourth-order valence-electron chi connectivity index (χ4n) is 1.83. The van der Waals surface area contributed by atoms with Crippen LogP contribution in [-0.2, 0) is 13.1 Å². The van der Waals surface area contributed by atoms with Gasteiger partial charge in [0.1, 0.15) is 5.82 Å². The highest BCUT2D eigenvalue weighted by Crippen LogP contribution is 2.06.